The summed E-state index contributed by atoms with van der Waals surface area (Å²) in [4.78, 5) is 9.96. The Kier molecular flexibility index (Phi) is 8.74. The van der Waals surface area contributed by atoms with Crippen molar-refractivity contribution in [2.75, 3.05) is 0 Å². The first-order valence-electron chi connectivity index (χ1n) is 16.6. The van der Waals surface area contributed by atoms with E-state index in [2.05, 4.69) is 121 Å². The molecule has 252 valence electrons. The quantitative estimate of drug-likeness (QED) is 0.180. The maximum Gasteiger partial charge on any atom is 0.217 e. The van der Waals surface area contributed by atoms with Gasteiger partial charge in [0.05, 0.1) is 0 Å². The number of benzene rings is 4. The minimum absolute atomic E-state index is 0. The number of hydrogen-bond acceptors (Lipinski definition) is 4. The molecule has 0 fully saturated rings. The average Bonchev–Trinajstić information content (AvgIpc) is 3.36. The van der Waals surface area contributed by atoms with Gasteiger partial charge in [-0.05, 0) is 65.0 Å². The number of hydrogen-bond donors (Lipinski definition) is 1. The largest absolute Gasteiger partial charge is 0.505 e. The number of phenolic OH excluding ortho intramolecular Hbond substituents is 1. The van der Waals surface area contributed by atoms with Gasteiger partial charge in [0.2, 0.25) is 5.88 Å². The summed E-state index contributed by atoms with van der Waals surface area (Å²) in [5.74, 6) is 1.96. The van der Waals surface area contributed by atoms with Crippen LogP contribution in [0.1, 0.15) is 69.5 Å². The Labute approximate surface area is 303 Å². The molecule has 0 spiro atoms. The van der Waals surface area contributed by atoms with Crippen molar-refractivity contribution < 1.29 is 30.9 Å². The normalized spacial score (nSPS) is 12.1. The molecular formula is C43H42N3O2Pt-. The number of fused-ring (bicyclic) bond motifs is 4. The summed E-state index contributed by atoms with van der Waals surface area (Å²) in [5, 5.41) is 14.7. The van der Waals surface area contributed by atoms with Crippen molar-refractivity contribution in [2.24, 2.45) is 0 Å². The Morgan fingerprint density at radius 1 is 0.735 bits per heavy atom. The molecule has 0 saturated heterocycles. The smallest absolute Gasteiger partial charge is 0.217 e. The van der Waals surface area contributed by atoms with Gasteiger partial charge in [-0.3, -0.25) is 0 Å². The summed E-state index contributed by atoms with van der Waals surface area (Å²) in [6, 6.07) is 32.6. The first-order valence-corrected chi connectivity index (χ1v) is 16.6. The predicted octanol–water partition coefficient (Wildman–Crippen LogP) is 11.2. The van der Waals surface area contributed by atoms with Gasteiger partial charge in [-0.15, -0.1) is 17.7 Å². The van der Waals surface area contributed by atoms with E-state index >= 15 is 0 Å². The molecule has 3 heterocycles. The van der Waals surface area contributed by atoms with Gasteiger partial charge in [0.1, 0.15) is 17.1 Å². The summed E-state index contributed by atoms with van der Waals surface area (Å²) < 4.78 is 8.84. The van der Waals surface area contributed by atoms with E-state index < -0.39 is 0 Å². The van der Waals surface area contributed by atoms with Crippen molar-refractivity contribution in [2.45, 2.75) is 73.1 Å². The molecule has 49 heavy (non-hydrogen) atoms. The molecule has 7 aromatic rings. The maximum atomic E-state index is 11.6. The van der Waals surface area contributed by atoms with Crippen LogP contribution in [0, 0.1) is 26.8 Å². The van der Waals surface area contributed by atoms with Crippen molar-refractivity contribution in [3.8, 4) is 34.3 Å². The van der Waals surface area contributed by atoms with Gasteiger partial charge in [0.25, 0.3) is 0 Å². The topological polar surface area (TPSA) is 60.2 Å². The fraction of sp³-hybridized carbons (Fsp3) is 0.256. The zero-order valence-electron chi connectivity index (χ0n) is 29.6. The SMILES string of the molecule is Cc1cc(C(C)(C)C)cc(-n2c3[c-]c(Oc4cc(-c5ccccc5)c5ccc(C(C)(C)C)c(O)c5n4)cc(C)c3c3c(C)cccc32)n1.[Pt]. The predicted molar refractivity (Wildman–Crippen MR) is 198 cm³/mol. The van der Waals surface area contributed by atoms with Crippen LogP contribution < -0.4 is 4.74 Å². The third kappa shape index (κ3) is 6.14. The monoisotopic (exact) mass is 827 g/mol. The Hall–Kier alpha value is -4.47. The van der Waals surface area contributed by atoms with Crippen LogP contribution in [0.5, 0.6) is 17.4 Å². The molecule has 0 radical (unpaired) electrons. The van der Waals surface area contributed by atoms with Crippen LogP contribution in [-0.2, 0) is 31.9 Å². The molecule has 0 amide bonds. The third-order valence-corrected chi connectivity index (χ3v) is 9.26. The van der Waals surface area contributed by atoms with Crippen molar-refractivity contribution in [1.82, 2.24) is 14.5 Å². The van der Waals surface area contributed by atoms with Crippen LogP contribution in [0.25, 0.3) is 49.7 Å². The van der Waals surface area contributed by atoms with Gasteiger partial charge < -0.3 is 14.4 Å². The van der Waals surface area contributed by atoms with Gasteiger partial charge >= 0.3 is 0 Å². The molecule has 1 N–H and O–H groups in total. The van der Waals surface area contributed by atoms with Crippen LogP contribution >= 0.6 is 0 Å². The molecule has 0 saturated carbocycles. The van der Waals surface area contributed by atoms with Gasteiger partial charge in [0.15, 0.2) is 0 Å². The van der Waals surface area contributed by atoms with Gasteiger partial charge in [-0.25, -0.2) is 9.97 Å². The van der Waals surface area contributed by atoms with Crippen LogP contribution in [0.15, 0.2) is 84.9 Å². The number of ether oxygens (including phenoxy) is 1. The van der Waals surface area contributed by atoms with E-state index in [0.29, 0.717) is 17.1 Å². The molecule has 5 nitrogen and oxygen atoms in total. The second kappa shape index (κ2) is 12.4. The van der Waals surface area contributed by atoms with E-state index in [0.717, 1.165) is 55.6 Å². The van der Waals surface area contributed by atoms with Crippen LogP contribution in [0.4, 0.5) is 0 Å². The minimum Gasteiger partial charge on any atom is -0.505 e. The van der Waals surface area contributed by atoms with Gasteiger partial charge in [-0.2, -0.15) is 0 Å². The molecule has 0 unspecified atom stereocenters. The first kappa shape index (κ1) is 34.4. The third-order valence-electron chi connectivity index (χ3n) is 9.26. The number of aromatic nitrogens is 3. The first-order chi connectivity index (χ1) is 22.7. The molecule has 0 aliphatic rings. The van der Waals surface area contributed by atoms with E-state index in [1.807, 2.05) is 36.4 Å². The Bertz CT molecular complexity index is 2380. The van der Waals surface area contributed by atoms with Crippen LogP contribution in [0.3, 0.4) is 0 Å². The van der Waals surface area contributed by atoms with Crippen molar-refractivity contribution in [1.29, 1.82) is 0 Å². The molecule has 6 heteroatoms. The van der Waals surface area contributed by atoms with Gasteiger partial charge in [0, 0.05) is 55.0 Å². The molecule has 3 aromatic heterocycles. The second-order valence-corrected chi connectivity index (χ2v) is 15.0. The summed E-state index contributed by atoms with van der Waals surface area (Å²) >= 11 is 0. The number of aromatic hydroxyl groups is 1. The van der Waals surface area contributed by atoms with Crippen LogP contribution in [0.2, 0.25) is 0 Å². The Morgan fingerprint density at radius 3 is 2.16 bits per heavy atom. The zero-order valence-corrected chi connectivity index (χ0v) is 31.9. The number of phenols is 1. The average molecular weight is 828 g/mol. The molecular weight excluding hydrogens is 786 g/mol. The summed E-state index contributed by atoms with van der Waals surface area (Å²) in [7, 11) is 0. The molecule has 0 aliphatic heterocycles. The van der Waals surface area contributed by atoms with E-state index in [9.17, 15) is 5.11 Å². The fourth-order valence-electron chi connectivity index (χ4n) is 6.81. The summed E-state index contributed by atoms with van der Waals surface area (Å²) in [6.45, 7) is 19.3. The van der Waals surface area contributed by atoms with E-state index in [1.54, 1.807) is 0 Å². The van der Waals surface area contributed by atoms with Crippen molar-refractivity contribution in [3.05, 3.63) is 119 Å². The van der Waals surface area contributed by atoms with Gasteiger partial charge in [-0.1, -0.05) is 120 Å². The van der Waals surface area contributed by atoms with E-state index in [4.69, 9.17) is 14.7 Å². The fourth-order valence-corrected chi connectivity index (χ4v) is 6.81. The second-order valence-electron chi connectivity index (χ2n) is 15.0. The summed E-state index contributed by atoms with van der Waals surface area (Å²) in [5.41, 5.74) is 9.43. The Balaban J connectivity index is 0.00000417. The number of pyridine rings is 2. The molecule has 0 bridgehead atoms. The molecule has 0 aliphatic carbocycles. The Morgan fingerprint density at radius 2 is 1.47 bits per heavy atom. The molecule has 7 rings (SSSR count). The minimum atomic E-state index is -0.262. The van der Waals surface area contributed by atoms with Crippen LogP contribution in [-0.4, -0.2) is 19.6 Å². The number of nitrogens with zero attached hydrogens (tertiary/aromatic N) is 3. The molecule has 0 atom stereocenters. The van der Waals surface area contributed by atoms with Crippen molar-refractivity contribution in [3.63, 3.8) is 0 Å². The number of rotatable bonds is 4. The zero-order chi connectivity index (χ0) is 34.1. The van der Waals surface area contributed by atoms with E-state index in [-0.39, 0.29) is 37.6 Å². The standard InChI is InChI=1S/C43H42N3O2.Pt/c1-25-14-13-17-34-38(25)39-26(2)20-30(23-35(39)46(34)36-22-29(42(4,5)6)21-27(3)44-36)48-37-24-32(28-15-11-10-12-16-28)31-18-19-33(43(7,8)9)41(47)40(31)45-37;/h10-22,24,47H,1-9H3;/q-1;. The molecule has 4 aromatic carbocycles. The van der Waals surface area contributed by atoms with Crippen molar-refractivity contribution >= 4 is 32.7 Å². The van der Waals surface area contributed by atoms with E-state index in [1.165, 1.54) is 16.5 Å². The summed E-state index contributed by atoms with van der Waals surface area (Å²) in [6.07, 6.45) is 0. The maximum absolute atomic E-state index is 11.6. The number of aryl methyl sites for hydroxylation is 3.